The van der Waals surface area contributed by atoms with Gasteiger partial charge in [-0.2, -0.15) is 0 Å². The molecule has 0 aromatic carbocycles. The van der Waals surface area contributed by atoms with Gasteiger partial charge in [-0.25, -0.2) is 0 Å². The van der Waals surface area contributed by atoms with Crippen molar-refractivity contribution in [3.05, 3.63) is 21.3 Å². The zero-order chi connectivity index (χ0) is 11.3. The highest BCUT2D eigenvalue weighted by Crippen LogP contribution is 2.22. The van der Waals surface area contributed by atoms with E-state index in [1.165, 1.54) is 11.3 Å². The van der Waals surface area contributed by atoms with Crippen LogP contribution >= 0.6 is 22.9 Å². The summed E-state index contributed by atoms with van der Waals surface area (Å²) in [4.78, 5) is 12.4. The van der Waals surface area contributed by atoms with Crippen molar-refractivity contribution >= 4 is 28.7 Å². The Hall–Kier alpha value is -0.380. The van der Waals surface area contributed by atoms with Crippen molar-refractivity contribution in [3.63, 3.8) is 0 Å². The minimum Gasteiger partial charge on any atom is -0.316 e. The lowest BCUT2D eigenvalue weighted by Crippen LogP contribution is -2.22. The van der Waals surface area contributed by atoms with E-state index in [2.05, 4.69) is 19.2 Å². The van der Waals surface area contributed by atoms with Crippen LogP contribution in [0.2, 0.25) is 4.34 Å². The van der Waals surface area contributed by atoms with Crippen molar-refractivity contribution in [3.8, 4) is 0 Å². The molecule has 0 bridgehead atoms. The number of thiophene rings is 1. The van der Waals surface area contributed by atoms with Crippen molar-refractivity contribution < 1.29 is 4.79 Å². The molecule has 0 aliphatic carbocycles. The molecule has 0 atom stereocenters. The quantitative estimate of drug-likeness (QED) is 0.616. The van der Waals surface area contributed by atoms with Crippen LogP contribution in [-0.2, 0) is 0 Å². The monoisotopic (exact) mass is 245 g/mol. The van der Waals surface area contributed by atoms with Crippen LogP contribution in [0.3, 0.4) is 0 Å². The first-order chi connectivity index (χ1) is 7.09. The summed E-state index contributed by atoms with van der Waals surface area (Å²) in [6.45, 7) is 5.99. The number of carbonyl (C=O) groups excluding carboxylic acids is 1. The SMILES string of the molecule is CC(C)CNCCC(=O)c1ccc(Cl)s1. The number of halogens is 1. The van der Waals surface area contributed by atoms with Crippen LogP contribution in [0, 0.1) is 5.92 Å². The molecular weight excluding hydrogens is 230 g/mol. The van der Waals surface area contributed by atoms with E-state index >= 15 is 0 Å². The lowest BCUT2D eigenvalue weighted by Gasteiger charge is -2.05. The van der Waals surface area contributed by atoms with Crippen molar-refractivity contribution in [2.45, 2.75) is 20.3 Å². The molecule has 1 rings (SSSR count). The van der Waals surface area contributed by atoms with Crippen LogP contribution in [0.4, 0.5) is 0 Å². The molecule has 0 aliphatic rings. The summed E-state index contributed by atoms with van der Waals surface area (Å²) in [6, 6.07) is 3.55. The molecule has 1 aromatic heterocycles. The van der Waals surface area contributed by atoms with E-state index in [0.29, 0.717) is 16.7 Å². The predicted molar refractivity (Wildman–Crippen MR) is 66.0 cm³/mol. The lowest BCUT2D eigenvalue weighted by atomic mass is 10.2. The van der Waals surface area contributed by atoms with Gasteiger partial charge >= 0.3 is 0 Å². The van der Waals surface area contributed by atoms with E-state index in [9.17, 15) is 4.79 Å². The molecule has 0 amide bonds. The largest absolute Gasteiger partial charge is 0.316 e. The average Bonchev–Trinajstić information content (AvgIpc) is 2.59. The van der Waals surface area contributed by atoms with Crippen LogP contribution in [0.1, 0.15) is 29.9 Å². The highest BCUT2D eigenvalue weighted by atomic mass is 35.5. The number of Topliss-reactive ketones (excluding diaryl/α,β-unsaturated/α-hetero) is 1. The summed E-state index contributed by atoms with van der Waals surface area (Å²) in [7, 11) is 0. The molecule has 2 nitrogen and oxygen atoms in total. The molecule has 0 unspecified atom stereocenters. The molecule has 1 aromatic rings. The highest BCUT2D eigenvalue weighted by Gasteiger charge is 2.07. The van der Waals surface area contributed by atoms with Gasteiger partial charge in [0.05, 0.1) is 9.21 Å². The molecule has 0 saturated carbocycles. The second-order valence-corrected chi connectivity index (χ2v) is 5.59. The number of ketones is 1. The molecule has 0 saturated heterocycles. The van der Waals surface area contributed by atoms with Crippen LogP contribution in [-0.4, -0.2) is 18.9 Å². The molecule has 84 valence electrons. The topological polar surface area (TPSA) is 29.1 Å². The van der Waals surface area contributed by atoms with Crippen molar-refractivity contribution in [2.75, 3.05) is 13.1 Å². The molecule has 0 radical (unpaired) electrons. The van der Waals surface area contributed by atoms with Crippen LogP contribution in [0.5, 0.6) is 0 Å². The van der Waals surface area contributed by atoms with Gasteiger partial charge in [0, 0.05) is 13.0 Å². The van der Waals surface area contributed by atoms with Gasteiger partial charge in [-0.1, -0.05) is 25.4 Å². The Morgan fingerprint density at radius 2 is 2.27 bits per heavy atom. The summed E-state index contributed by atoms with van der Waals surface area (Å²) < 4.78 is 0.675. The Morgan fingerprint density at radius 1 is 1.53 bits per heavy atom. The maximum atomic E-state index is 11.6. The normalized spacial score (nSPS) is 10.9. The van der Waals surface area contributed by atoms with E-state index in [4.69, 9.17) is 11.6 Å². The Morgan fingerprint density at radius 3 is 2.80 bits per heavy atom. The number of rotatable bonds is 6. The third kappa shape index (κ3) is 4.78. The Kier molecular flexibility index (Phi) is 5.29. The standard InChI is InChI=1S/C11H16ClNOS/c1-8(2)7-13-6-5-9(14)10-3-4-11(12)15-10/h3-4,8,13H,5-7H2,1-2H3. The lowest BCUT2D eigenvalue weighted by molar-refractivity contribution is 0.0986. The van der Waals surface area contributed by atoms with E-state index < -0.39 is 0 Å². The number of hydrogen-bond donors (Lipinski definition) is 1. The minimum absolute atomic E-state index is 0.170. The smallest absolute Gasteiger partial charge is 0.174 e. The van der Waals surface area contributed by atoms with E-state index in [1.807, 2.05) is 0 Å². The van der Waals surface area contributed by atoms with E-state index in [-0.39, 0.29) is 5.78 Å². The third-order valence-corrected chi connectivity index (χ3v) is 3.20. The van der Waals surface area contributed by atoms with Crippen LogP contribution in [0.15, 0.2) is 12.1 Å². The maximum Gasteiger partial charge on any atom is 0.174 e. The molecule has 0 aliphatic heterocycles. The van der Waals surface area contributed by atoms with E-state index in [1.54, 1.807) is 12.1 Å². The average molecular weight is 246 g/mol. The first kappa shape index (κ1) is 12.7. The Labute approximate surface area is 99.6 Å². The summed E-state index contributed by atoms with van der Waals surface area (Å²) in [5.41, 5.74) is 0. The first-order valence-corrected chi connectivity index (χ1v) is 6.28. The molecular formula is C11H16ClNOS. The van der Waals surface area contributed by atoms with Crippen LogP contribution < -0.4 is 5.32 Å². The van der Waals surface area contributed by atoms with Gasteiger partial charge in [-0.3, -0.25) is 4.79 Å². The van der Waals surface area contributed by atoms with Crippen molar-refractivity contribution in [1.82, 2.24) is 5.32 Å². The van der Waals surface area contributed by atoms with Crippen molar-refractivity contribution in [2.24, 2.45) is 5.92 Å². The molecule has 1 heterocycles. The third-order valence-electron chi connectivity index (χ3n) is 1.93. The van der Waals surface area contributed by atoms with Crippen molar-refractivity contribution in [1.29, 1.82) is 0 Å². The van der Waals surface area contributed by atoms with E-state index in [0.717, 1.165) is 18.0 Å². The number of nitrogens with one attached hydrogen (secondary N) is 1. The fraction of sp³-hybridized carbons (Fsp3) is 0.545. The van der Waals surface area contributed by atoms with Gasteiger partial charge in [-0.15, -0.1) is 11.3 Å². The highest BCUT2D eigenvalue weighted by molar-refractivity contribution is 7.18. The number of hydrogen-bond acceptors (Lipinski definition) is 3. The minimum atomic E-state index is 0.170. The molecule has 4 heteroatoms. The summed E-state index contributed by atoms with van der Waals surface area (Å²) in [5, 5.41) is 3.24. The fourth-order valence-corrected chi connectivity index (χ4v) is 2.19. The predicted octanol–water partition coefficient (Wildman–Crippen LogP) is 3.22. The number of carbonyl (C=O) groups is 1. The van der Waals surface area contributed by atoms with Gasteiger partial charge in [-0.05, 0) is 24.6 Å². The summed E-state index contributed by atoms with van der Waals surface area (Å²) in [6.07, 6.45) is 0.545. The molecule has 0 spiro atoms. The Bertz CT molecular complexity index is 322. The Balaban J connectivity index is 2.25. The first-order valence-electron chi connectivity index (χ1n) is 5.09. The molecule has 15 heavy (non-hydrogen) atoms. The molecule has 0 fully saturated rings. The zero-order valence-corrected chi connectivity index (χ0v) is 10.6. The second kappa shape index (κ2) is 6.26. The summed E-state index contributed by atoms with van der Waals surface area (Å²) in [5.74, 6) is 0.791. The second-order valence-electron chi connectivity index (χ2n) is 3.87. The van der Waals surface area contributed by atoms with Gasteiger partial charge in [0.2, 0.25) is 0 Å². The van der Waals surface area contributed by atoms with Crippen LogP contribution in [0.25, 0.3) is 0 Å². The molecule has 1 N–H and O–H groups in total. The van der Waals surface area contributed by atoms with Gasteiger partial charge in [0.15, 0.2) is 5.78 Å². The summed E-state index contributed by atoms with van der Waals surface area (Å²) >= 11 is 7.11. The van der Waals surface area contributed by atoms with Gasteiger partial charge < -0.3 is 5.32 Å². The van der Waals surface area contributed by atoms with Gasteiger partial charge in [0.25, 0.3) is 0 Å². The maximum absolute atomic E-state index is 11.6. The van der Waals surface area contributed by atoms with Gasteiger partial charge in [0.1, 0.15) is 0 Å². The zero-order valence-electron chi connectivity index (χ0n) is 9.05. The fourth-order valence-electron chi connectivity index (χ4n) is 1.18.